The molecule has 0 spiro atoms. The standard InChI is InChI=1S/C28H34ClN9O3/c29-21-4-1-19(2-5-21)18-41-22-6-8-23-20(17-22)3-7-24-25(23)31-27(30)32-26(24)38-11-9-37(10-12-38)13-14-39-15-16-40-28-33-35-36-34-28/h1-2,4-6,8,17,35-36H,3,7,9-16,18H2,(H,33,34)(H2,30,31,32). The molecule has 3 aromatic rings. The number of nitrogen functional groups attached to an aromatic ring is 1. The third kappa shape index (κ3) is 6.73. The molecule has 1 saturated heterocycles. The van der Waals surface area contributed by atoms with Gasteiger partial charge in [0.15, 0.2) is 0 Å². The van der Waals surface area contributed by atoms with Crippen LogP contribution in [0.4, 0.5) is 11.8 Å². The molecular weight excluding hydrogens is 546 g/mol. The average molecular weight is 580 g/mol. The summed E-state index contributed by atoms with van der Waals surface area (Å²) in [5, 5.41) is 4.57. The lowest BCUT2D eigenvalue weighted by atomic mass is 9.88. The van der Waals surface area contributed by atoms with Crippen molar-refractivity contribution in [2.75, 3.05) is 63.2 Å². The van der Waals surface area contributed by atoms with Gasteiger partial charge in [-0.1, -0.05) is 23.7 Å². The molecule has 0 atom stereocenters. The van der Waals surface area contributed by atoms with Gasteiger partial charge in [-0.2, -0.15) is 4.98 Å². The van der Waals surface area contributed by atoms with E-state index in [0.717, 1.165) is 79.0 Å². The first kappa shape index (κ1) is 27.3. The van der Waals surface area contributed by atoms with Gasteiger partial charge in [0.1, 0.15) is 24.8 Å². The number of piperazine rings is 1. The van der Waals surface area contributed by atoms with Crippen molar-refractivity contribution in [3.8, 4) is 17.0 Å². The van der Waals surface area contributed by atoms with E-state index < -0.39 is 0 Å². The van der Waals surface area contributed by atoms with Crippen LogP contribution in [0.5, 0.6) is 5.75 Å². The molecule has 216 valence electrons. The number of aryl methyl sites for hydroxylation is 1. The van der Waals surface area contributed by atoms with Crippen LogP contribution in [-0.2, 0) is 28.9 Å². The summed E-state index contributed by atoms with van der Waals surface area (Å²) < 4.78 is 17.2. The molecule has 41 heavy (non-hydrogen) atoms. The lowest BCUT2D eigenvalue weighted by Crippen LogP contribution is -2.48. The van der Waals surface area contributed by atoms with Crippen LogP contribution in [0, 0.1) is 0 Å². The highest BCUT2D eigenvalue weighted by atomic mass is 35.5. The van der Waals surface area contributed by atoms with Gasteiger partial charge in [-0.3, -0.25) is 10.3 Å². The Hall–Kier alpha value is -3.84. The first-order valence-corrected chi connectivity index (χ1v) is 14.2. The summed E-state index contributed by atoms with van der Waals surface area (Å²) in [4.78, 5) is 14.1. The molecule has 0 unspecified atom stereocenters. The van der Waals surface area contributed by atoms with Crippen molar-refractivity contribution in [1.82, 2.24) is 31.4 Å². The number of aromatic nitrogens is 2. The Morgan fingerprint density at radius 2 is 1.78 bits per heavy atom. The van der Waals surface area contributed by atoms with Crippen LogP contribution in [0.1, 0.15) is 16.7 Å². The summed E-state index contributed by atoms with van der Waals surface area (Å²) in [6.45, 7) is 6.57. The number of nitrogens with two attached hydrogens (primary N) is 1. The van der Waals surface area contributed by atoms with E-state index >= 15 is 0 Å². The van der Waals surface area contributed by atoms with Gasteiger partial charge in [0.05, 0.1) is 18.9 Å². The molecule has 6 rings (SSSR count). The topological polar surface area (TPSA) is 134 Å². The van der Waals surface area contributed by atoms with Crippen LogP contribution in [0.3, 0.4) is 0 Å². The van der Waals surface area contributed by atoms with Crippen molar-refractivity contribution in [3.05, 3.63) is 64.2 Å². The van der Waals surface area contributed by atoms with Crippen LogP contribution < -0.4 is 31.9 Å². The number of nitrogens with one attached hydrogen (secondary N) is 3. The normalized spacial score (nSPS) is 16.3. The van der Waals surface area contributed by atoms with Crippen molar-refractivity contribution in [3.63, 3.8) is 0 Å². The smallest absolute Gasteiger partial charge is 0.324 e. The fourth-order valence-corrected chi connectivity index (χ4v) is 5.37. The number of hydrazone groups is 1. The monoisotopic (exact) mass is 579 g/mol. The summed E-state index contributed by atoms with van der Waals surface area (Å²) >= 11 is 6.00. The van der Waals surface area contributed by atoms with E-state index in [1.807, 2.05) is 30.3 Å². The molecule has 2 aliphatic heterocycles. The van der Waals surface area contributed by atoms with Crippen LogP contribution in [0.2, 0.25) is 5.02 Å². The maximum atomic E-state index is 6.23. The van der Waals surface area contributed by atoms with Gasteiger partial charge in [0.25, 0.3) is 0 Å². The van der Waals surface area contributed by atoms with Crippen molar-refractivity contribution < 1.29 is 14.2 Å². The predicted octanol–water partition coefficient (Wildman–Crippen LogP) is 2.10. The zero-order valence-electron chi connectivity index (χ0n) is 22.7. The highest BCUT2D eigenvalue weighted by Crippen LogP contribution is 2.38. The number of amidine groups is 1. The number of hydrazine groups is 2. The predicted molar refractivity (Wildman–Crippen MR) is 157 cm³/mol. The second kappa shape index (κ2) is 12.8. The lowest BCUT2D eigenvalue weighted by Gasteiger charge is -2.37. The zero-order chi connectivity index (χ0) is 28.0. The Morgan fingerprint density at radius 1 is 0.927 bits per heavy atom. The second-order valence-electron chi connectivity index (χ2n) is 10.0. The molecule has 3 aliphatic rings. The summed E-state index contributed by atoms with van der Waals surface area (Å²) in [7, 11) is 0. The zero-order valence-corrected chi connectivity index (χ0v) is 23.5. The molecule has 1 aliphatic carbocycles. The summed E-state index contributed by atoms with van der Waals surface area (Å²) in [6.07, 6.45) is 1.76. The molecule has 0 amide bonds. The van der Waals surface area contributed by atoms with Crippen molar-refractivity contribution in [2.24, 2.45) is 5.10 Å². The van der Waals surface area contributed by atoms with Gasteiger partial charge in [-0.15, -0.1) is 10.6 Å². The maximum absolute atomic E-state index is 6.23. The van der Waals surface area contributed by atoms with Gasteiger partial charge in [-0.25, -0.2) is 10.5 Å². The third-order valence-corrected chi connectivity index (χ3v) is 7.62. The van der Waals surface area contributed by atoms with Crippen molar-refractivity contribution in [2.45, 2.75) is 19.4 Å². The summed E-state index contributed by atoms with van der Waals surface area (Å²) in [5.74, 6) is 2.10. The highest BCUT2D eigenvalue weighted by molar-refractivity contribution is 6.30. The molecule has 5 N–H and O–H groups in total. The maximum Gasteiger partial charge on any atom is 0.324 e. The van der Waals surface area contributed by atoms with Crippen LogP contribution in [0.15, 0.2) is 47.6 Å². The van der Waals surface area contributed by atoms with E-state index in [9.17, 15) is 0 Å². The SMILES string of the molecule is Nc1nc2c(c(N3CCN(CCOCCOC4=NNNN4)CC3)n1)CCc1cc(OCc3ccc(Cl)cc3)ccc1-2. The quantitative estimate of drug-likeness (QED) is 0.263. The molecule has 0 bridgehead atoms. The van der Waals surface area contributed by atoms with E-state index in [0.29, 0.717) is 38.4 Å². The molecule has 0 saturated carbocycles. The summed E-state index contributed by atoms with van der Waals surface area (Å²) in [5.41, 5.74) is 19.6. The Bertz CT molecular complexity index is 1380. The lowest BCUT2D eigenvalue weighted by molar-refractivity contribution is 0.0744. The largest absolute Gasteiger partial charge is 0.489 e. The van der Waals surface area contributed by atoms with Gasteiger partial charge >= 0.3 is 6.02 Å². The molecule has 13 heteroatoms. The fourth-order valence-electron chi connectivity index (χ4n) is 5.24. The number of hydrogen-bond donors (Lipinski definition) is 4. The molecule has 1 aromatic heterocycles. The van der Waals surface area contributed by atoms with Crippen LogP contribution >= 0.6 is 11.6 Å². The molecule has 12 nitrogen and oxygen atoms in total. The molecule has 0 radical (unpaired) electrons. The highest BCUT2D eigenvalue weighted by Gasteiger charge is 2.27. The van der Waals surface area contributed by atoms with Crippen molar-refractivity contribution >= 4 is 29.4 Å². The molecule has 1 fully saturated rings. The van der Waals surface area contributed by atoms with Gasteiger partial charge in [-0.05, 0) is 54.3 Å². The minimum atomic E-state index is 0.304. The number of nitrogens with zero attached hydrogens (tertiary/aromatic N) is 5. The molecule has 2 aromatic carbocycles. The van der Waals surface area contributed by atoms with Crippen molar-refractivity contribution in [1.29, 1.82) is 0 Å². The molecular formula is C28H34ClN9O3. The van der Waals surface area contributed by atoms with Crippen LogP contribution in [0.25, 0.3) is 11.3 Å². The number of halogens is 1. The number of rotatable bonds is 10. The van der Waals surface area contributed by atoms with E-state index in [1.54, 1.807) is 0 Å². The summed E-state index contributed by atoms with van der Waals surface area (Å²) in [6, 6.07) is 14.3. The number of hydrogen-bond acceptors (Lipinski definition) is 12. The second-order valence-corrected chi connectivity index (χ2v) is 10.5. The minimum absolute atomic E-state index is 0.304. The Morgan fingerprint density at radius 3 is 2.59 bits per heavy atom. The number of ether oxygens (including phenoxy) is 3. The number of benzene rings is 2. The first-order chi connectivity index (χ1) is 20.1. The van der Waals surface area contributed by atoms with E-state index in [1.165, 1.54) is 11.1 Å². The fraction of sp³-hybridized carbons (Fsp3) is 0.393. The third-order valence-electron chi connectivity index (χ3n) is 7.37. The Kier molecular flexibility index (Phi) is 8.52. The van der Waals surface area contributed by atoms with Gasteiger partial charge < -0.3 is 24.8 Å². The first-order valence-electron chi connectivity index (χ1n) is 13.8. The van der Waals surface area contributed by atoms with E-state index in [-0.39, 0.29) is 0 Å². The van der Waals surface area contributed by atoms with E-state index in [4.69, 9.17) is 36.5 Å². The van der Waals surface area contributed by atoms with E-state index in [2.05, 4.69) is 48.5 Å². The Labute approximate surface area is 243 Å². The average Bonchev–Trinajstić information content (AvgIpc) is 3.52. The van der Waals surface area contributed by atoms with Crippen LogP contribution in [-0.4, -0.2) is 73.4 Å². The minimum Gasteiger partial charge on any atom is -0.489 e. The van der Waals surface area contributed by atoms with Gasteiger partial charge in [0.2, 0.25) is 5.95 Å². The number of anilines is 2. The molecule has 3 heterocycles. The number of fused-ring (bicyclic) bond motifs is 3. The van der Waals surface area contributed by atoms with Gasteiger partial charge in [0, 0.05) is 48.9 Å². The Balaban J connectivity index is 1.03.